The number of ether oxygens (including phenoxy) is 1. The Kier molecular flexibility index (Phi) is 4.75. The summed E-state index contributed by atoms with van der Waals surface area (Å²) in [5, 5.41) is 10.2. The van der Waals surface area contributed by atoms with Crippen molar-refractivity contribution in [2.75, 3.05) is 0 Å². The third-order valence-electron chi connectivity index (χ3n) is 3.90. The molecule has 2 aromatic heterocycles. The van der Waals surface area contributed by atoms with Gasteiger partial charge >= 0.3 is 5.97 Å². The third-order valence-corrected chi connectivity index (χ3v) is 4.39. The molecule has 0 aliphatic heterocycles. The van der Waals surface area contributed by atoms with Gasteiger partial charge in [0.15, 0.2) is 0 Å². The molecule has 0 spiro atoms. The summed E-state index contributed by atoms with van der Waals surface area (Å²) < 4.78 is 6.89. The zero-order valence-electron chi connectivity index (χ0n) is 13.8. The average Bonchev–Trinajstić information content (AvgIpc) is 3.15. The van der Waals surface area contributed by atoms with Crippen molar-refractivity contribution in [3.05, 3.63) is 82.2 Å². The molecule has 0 saturated carbocycles. The Morgan fingerprint density at radius 3 is 2.63 bits per heavy atom. The lowest BCUT2D eigenvalue weighted by Gasteiger charge is -2.05. The first-order valence-electron chi connectivity index (χ1n) is 7.99. The van der Waals surface area contributed by atoms with E-state index in [1.54, 1.807) is 53.5 Å². The summed E-state index contributed by atoms with van der Waals surface area (Å²) in [5.41, 5.74) is 2.51. The Labute approximate surface area is 164 Å². The van der Waals surface area contributed by atoms with Crippen LogP contribution in [0.5, 0.6) is 0 Å². The van der Waals surface area contributed by atoms with Crippen LogP contribution in [-0.4, -0.2) is 25.9 Å². The van der Waals surface area contributed by atoms with Crippen LogP contribution in [0.1, 0.15) is 16.1 Å². The van der Waals surface area contributed by atoms with Gasteiger partial charge in [-0.25, -0.2) is 9.48 Å². The number of esters is 1. The van der Waals surface area contributed by atoms with Gasteiger partial charge in [-0.15, -0.1) is 5.10 Å². The van der Waals surface area contributed by atoms with Crippen LogP contribution in [0.4, 0.5) is 0 Å². The average molecular weight is 399 g/mol. The van der Waals surface area contributed by atoms with Crippen molar-refractivity contribution in [1.29, 1.82) is 0 Å². The van der Waals surface area contributed by atoms with Crippen LogP contribution < -0.4 is 0 Å². The molecule has 2 heterocycles. The first-order chi connectivity index (χ1) is 13.1. The maximum Gasteiger partial charge on any atom is 0.338 e. The van der Waals surface area contributed by atoms with Crippen LogP contribution in [0.15, 0.2) is 60.9 Å². The minimum atomic E-state index is -0.454. The minimum Gasteiger partial charge on any atom is -0.455 e. The van der Waals surface area contributed by atoms with Crippen molar-refractivity contribution in [2.45, 2.75) is 6.61 Å². The molecule has 0 aliphatic carbocycles. The first-order valence-corrected chi connectivity index (χ1v) is 8.74. The van der Waals surface area contributed by atoms with Crippen LogP contribution in [-0.2, 0) is 11.3 Å². The number of fused-ring (bicyclic) bond motifs is 1. The Morgan fingerprint density at radius 2 is 1.81 bits per heavy atom. The SMILES string of the molecule is O=C(OCc1cn(-c2ccnc3cc(Cl)ccc23)nn1)c1ccc(Cl)cc1. The highest BCUT2D eigenvalue weighted by Gasteiger charge is 2.11. The van der Waals surface area contributed by atoms with E-state index in [1.165, 1.54) is 0 Å². The van der Waals surface area contributed by atoms with Gasteiger partial charge in [0, 0.05) is 21.6 Å². The number of nitrogens with zero attached hydrogens (tertiary/aromatic N) is 4. The van der Waals surface area contributed by atoms with Crippen molar-refractivity contribution in [2.24, 2.45) is 0 Å². The van der Waals surface area contributed by atoms with Crippen molar-refractivity contribution in [3.8, 4) is 5.69 Å². The highest BCUT2D eigenvalue weighted by atomic mass is 35.5. The summed E-state index contributed by atoms with van der Waals surface area (Å²) in [4.78, 5) is 16.4. The summed E-state index contributed by atoms with van der Waals surface area (Å²) >= 11 is 11.8. The number of hydrogen-bond acceptors (Lipinski definition) is 5. The topological polar surface area (TPSA) is 69.9 Å². The van der Waals surface area contributed by atoms with Gasteiger partial charge in [0.25, 0.3) is 0 Å². The van der Waals surface area contributed by atoms with Gasteiger partial charge in [-0.3, -0.25) is 4.98 Å². The molecule has 6 nitrogen and oxygen atoms in total. The van der Waals surface area contributed by atoms with E-state index >= 15 is 0 Å². The first kappa shape index (κ1) is 17.5. The molecule has 0 atom stereocenters. The van der Waals surface area contributed by atoms with Crippen LogP contribution >= 0.6 is 23.2 Å². The van der Waals surface area contributed by atoms with Crippen molar-refractivity contribution in [1.82, 2.24) is 20.0 Å². The van der Waals surface area contributed by atoms with Gasteiger partial charge in [-0.05, 0) is 48.5 Å². The molecular weight excluding hydrogens is 387 g/mol. The summed E-state index contributed by atoms with van der Waals surface area (Å²) in [7, 11) is 0. The number of benzene rings is 2. The Hall–Kier alpha value is -2.96. The molecule has 4 rings (SSSR count). The van der Waals surface area contributed by atoms with E-state index in [0.717, 1.165) is 16.6 Å². The molecule has 0 radical (unpaired) electrons. The van der Waals surface area contributed by atoms with Gasteiger partial charge < -0.3 is 4.74 Å². The van der Waals surface area contributed by atoms with E-state index < -0.39 is 5.97 Å². The number of pyridine rings is 1. The smallest absolute Gasteiger partial charge is 0.338 e. The second kappa shape index (κ2) is 7.34. The monoisotopic (exact) mass is 398 g/mol. The second-order valence-corrected chi connectivity index (χ2v) is 6.60. The Morgan fingerprint density at radius 1 is 1.04 bits per heavy atom. The molecule has 0 amide bonds. The number of rotatable bonds is 4. The van der Waals surface area contributed by atoms with Gasteiger partial charge in [0.05, 0.1) is 23.0 Å². The maximum absolute atomic E-state index is 12.1. The molecule has 0 aliphatic rings. The molecule has 27 heavy (non-hydrogen) atoms. The zero-order valence-corrected chi connectivity index (χ0v) is 15.4. The predicted molar refractivity (Wildman–Crippen MR) is 102 cm³/mol. The maximum atomic E-state index is 12.1. The quantitative estimate of drug-likeness (QED) is 0.474. The molecule has 8 heteroatoms. The lowest BCUT2D eigenvalue weighted by Crippen LogP contribution is -2.05. The van der Waals surface area contributed by atoms with Crippen LogP contribution in [0.25, 0.3) is 16.6 Å². The third kappa shape index (κ3) is 3.77. The van der Waals surface area contributed by atoms with Gasteiger partial charge in [0.1, 0.15) is 12.3 Å². The van der Waals surface area contributed by atoms with Crippen molar-refractivity contribution < 1.29 is 9.53 Å². The van der Waals surface area contributed by atoms with E-state index in [0.29, 0.717) is 21.3 Å². The molecule has 0 unspecified atom stereocenters. The van der Waals surface area contributed by atoms with Crippen LogP contribution in [0.2, 0.25) is 10.0 Å². The summed E-state index contributed by atoms with van der Waals surface area (Å²) in [6.07, 6.45) is 3.38. The number of carbonyl (C=O) groups excluding carboxylic acids is 1. The summed E-state index contributed by atoms with van der Waals surface area (Å²) in [5.74, 6) is -0.454. The van der Waals surface area contributed by atoms with Gasteiger partial charge in [0.2, 0.25) is 0 Å². The fourth-order valence-electron chi connectivity index (χ4n) is 2.60. The molecule has 2 aromatic carbocycles. The normalized spacial score (nSPS) is 10.9. The lowest BCUT2D eigenvalue weighted by atomic mass is 10.2. The molecule has 0 saturated heterocycles. The van der Waals surface area contributed by atoms with E-state index in [-0.39, 0.29) is 6.61 Å². The standard InChI is InChI=1S/C19H12Cl2N4O2/c20-13-3-1-12(2-4-13)19(26)27-11-15-10-25(24-23-15)18-7-8-22-17-9-14(21)5-6-16(17)18/h1-10H,11H2. The Bertz CT molecular complexity index is 1130. The van der Waals surface area contributed by atoms with Crippen molar-refractivity contribution >= 4 is 40.1 Å². The van der Waals surface area contributed by atoms with E-state index in [4.69, 9.17) is 27.9 Å². The van der Waals surface area contributed by atoms with Crippen LogP contribution in [0.3, 0.4) is 0 Å². The number of halogens is 2. The van der Waals surface area contributed by atoms with Crippen LogP contribution in [0, 0.1) is 0 Å². The van der Waals surface area contributed by atoms with Crippen molar-refractivity contribution in [3.63, 3.8) is 0 Å². The highest BCUT2D eigenvalue weighted by molar-refractivity contribution is 6.31. The summed E-state index contributed by atoms with van der Waals surface area (Å²) in [6, 6.07) is 13.8. The molecule has 134 valence electrons. The fraction of sp³-hybridized carbons (Fsp3) is 0.0526. The number of aromatic nitrogens is 4. The minimum absolute atomic E-state index is 0.0102. The lowest BCUT2D eigenvalue weighted by molar-refractivity contribution is 0.0467. The second-order valence-electron chi connectivity index (χ2n) is 5.73. The summed E-state index contributed by atoms with van der Waals surface area (Å²) in [6.45, 7) is 0.0102. The molecular formula is C19H12Cl2N4O2. The van der Waals surface area contributed by atoms with E-state index in [2.05, 4.69) is 15.3 Å². The van der Waals surface area contributed by atoms with Gasteiger partial charge in [-0.1, -0.05) is 28.4 Å². The molecule has 0 fully saturated rings. The largest absolute Gasteiger partial charge is 0.455 e. The van der Waals surface area contributed by atoms with E-state index in [1.807, 2.05) is 12.1 Å². The molecule has 4 aromatic rings. The number of carbonyl (C=O) groups is 1. The molecule has 0 bridgehead atoms. The Balaban J connectivity index is 1.52. The zero-order chi connectivity index (χ0) is 18.8. The predicted octanol–water partition coefficient (Wildman–Crippen LogP) is 4.48. The fourth-order valence-corrected chi connectivity index (χ4v) is 2.89. The van der Waals surface area contributed by atoms with Gasteiger partial charge in [-0.2, -0.15) is 0 Å². The molecule has 0 N–H and O–H groups in total. The van der Waals surface area contributed by atoms with E-state index in [9.17, 15) is 4.79 Å². The number of hydrogen-bond donors (Lipinski definition) is 0. The highest BCUT2D eigenvalue weighted by Crippen LogP contribution is 2.23.